The van der Waals surface area contributed by atoms with Gasteiger partial charge in [-0.25, -0.2) is 4.98 Å². The fraction of sp³-hybridized carbons (Fsp3) is 0.375. The normalized spacial score (nSPS) is 14.3. The average molecular weight is 470 g/mol. The molecule has 0 spiro atoms. The molecule has 0 unspecified atom stereocenters. The molecule has 1 saturated heterocycles. The molecule has 32 heavy (non-hydrogen) atoms. The summed E-state index contributed by atoms with van der Waals surface area (Å²) in [6.45, 7) is 1.72. The predicted octanol–water partition coefficient (Wildman–Crippen LogP) is 4.37. The molecule has 8 heteroatoms. The summed E-state index contributed by atoms with van der Waals surface area (Å²) in [6, 6.07) is 11.9. The molecule has 1 aliphatic heterocycles. The number of nitrogens with zero attached hydrogens (tertiary/aromatic N) is 2. The number of piperidine rings is 1. The Morgan fingerprint density at radius 3 is 2.62 bits per heavy atom. The zero-order valence-corrected chi connectivity index (χ0v) is 19.7. The van der Waals surface area contributed by atoms with Crippen LogP contribution in [0.15, 0.2) is 47.2 Å². The van der Waals surface area contributed by atoms with Gasteiger partial charge in [-0.2, -0.15) is 0 Å². The number of aryl methyl sites for hydroxylation is 1. The van der Waals surface area contributed by atoms with Crippen LogP contribution < -0.4 is 10.1 Å². The number of hydrogen-bond acceptors (Lipinski definition) is 6. The van der Waals surface area contributed by atoms with Gasteiger partial charge in [0, 0.05) is 30.8 Å². The zero-order valence-electron chi connectivity index (χ0n) is 18.1. The Balaban J connectivity index is 1.18. The molecule has 4 rings (SSSR count). The van der Waals surface area contributed by atoms with Crippen LogP contribution in [-0.4, -0.2) is 41.9 Å². The highest BCUT2D eigenvalue weighted by molar-refractivity contribution is 7.20. The van der Waals surface area contributed by atoms with E-state index in [0.29, 0.717) is 45.3 Å². The van der Waals surface area contributed by atoms with Crippen LogP contribution in [0, 0.1) is 5.92 Å². The number of amides is 2. The molecule has 1 fully saturated rings. The number of benzene rings is 1. The molecule has 168 valence electrons. The van der Waals surface area contributed by atoms with E-state index in [-0.39, 0.29) is 17.7 Å². The van der Waals surface area contributed by atoms with E-state index in [0.717, 1.165) is 26.9 Å². The van der Waals surface area contributed by atoms with Gasteiger partial charge in [-0.15, -0.1) is 22.7 Å². The summed E-state index contributed by atoms with van der Waals surface area (Å²) in [5.41, 5.74) is 2.01. The topological polar surface area (TPSA) is 71.5 Å². The maximum absolute atomic E-state index is 12.6. The molecule has 0 saturated carbocycles. The molecule has 1 aliphatic rings. The molecular weight excluding hydrogens is 442 g/mol. The van der Waals surface area contributed by atoms with Crippen molar-refractivity contribution in [3.8, 4) is 15.6 Å². The molecule has 1 N–H and O–H groups in total. The number of thiophene rings is 1. The van der Waals surface area contributed by atoms with Crippen LogP contribution in [0.5, 0.6) is 5.75 Å². The molecule has 0 aliphatic carbocycles. The minimum absolute atomic E-state index is 0.0453. The average Bonchev–Trinajstić information content (AvgIpc) is 3.53. The largest absolute Gasteiger partial charge is 0.497 e. The van der Waals surface area contributed by atoms with E-state index < -0.39 is 0 Å². The van der Waals surface area contributed by atoms with Crippen molar-refractivity contribution in [3.63, 3.8) is 0 Å². The van der Waals surface area contributed by atoms with Crippen LogP contribution >= 0.6 is 22.7 Å². The highest BCUT2D eigenvalue weighted by Crippen LogP contribution is 2.28. The van der Waals surface area contributed by atoms with Crippen molar-refractivity contribution in [2.75, 3.05) is 20.2 Å². The highest BCUT2D eigenvalue weighted by atomic mass is 32.1. The van der Waals surface area contributed by atoms with E-state index in [1.165, 1.54) is 0 Å². The molecule has 3 aromatic rings. The molecule has 0 bridgehead atoms. The van der Waals surface area contributed by atoms with Crippen molar-refractivity contribution >= 4 is 34.5 Å². The monoisotopic (exact) mass is 469 g/mol. The number of thiazole rings is 1. The number of likely N-dealkylation sites (tertiary alicyclic amines) is 1. The van der Waals surface area contributed by atoms with Gasteiger partial charge in [-0.05, 0) is 48.4 Å². The Kier molecular flexibility index (Phi) is 7.55. The van der Waals surface area contributed by atoms with Crippen molar-refractivity contribution in [2.45, 2.75) is 32.2 Å². The van der Waals surface area contributed by atoms with Gasteiger partial charge in [0.15, 0.2) is 0 Å². The number of nitrogens with one attached hydrogen (secondary N) is 1. The lowest BCUT2D eigenvalue weighted by Gasteiger charge is -2.31. The second-order valence-electron chi connectivity index (χ2n) is 7.84. The van der Waals surface area contributed by atoms with E-state index in [2.05, 4.69) is 16.4 Å². The standard InChI is InChI=1S/C24H27N3O3S2/c1-30-20-7-4-17(5-8-20)6-9-22(28)27-12-10-18(11-13-27)23(29)25-15-19-16-32-24(26-19)21-3-2-14-31-21/h2-5,7-8,14,16,18H,6,9-13,15H2,1H3,(H,25,29). The zero-order chi connectivity index (χ0) is 22.3. The first kappa shape index (κ1) is 22.5. The number of hydrogen-bond donors (Lipinski definition) is 1. The summed E-state index contributed by atoms with van der Waals surface area (Å²) in [4.78, 5) is 32.8. The maximum Gasteiger partial charge on any atom is 0.223 e. The Bertz CT molecular complexity index is 1020. The second-order valence-corrected chi connectivity index (χ2v) is 9.65. The fourth-order valence-corrected chi connectivity index (χ4v) is 5.45. The predicted molar refractivity (Wildman–Crippen MR) is 128 cm³/mol. The van der Waals surface area contributed by atoms with Crippen LogP contribution in [-0.2, 0) is 22.6 Å². The summed E-state index contributed by atoms with van der Waals surface area (Å²) in [5.74, 6) is 0.985. The minimum atomic E-state index is -0.0453. The molecule has 1 aromatic carbocycles. The first-order chi connectivity index (χ1) is 15.6. The van der Waals surface area contributed by atoms with Crippen molar-refractivity contribution in [1.29, 1.82) is 0 Å². The molecule has 2 amide bonds. The van der Waals surface area contributed by atoms with Gasteiger partial charge in [0.1, 0.15) is 10.8 Å². The van der Waals surface area contributed by atoms with E-state index in [1.807, 2.05) is 46.0 Å². The van der Waals surface area contributed by atoms with Crippen LogP contribution in [0.1, 0.15) is 30.5 Å². The number of ether oxygens (including phenoxy) is 1. The molecule has 6 nitrogen and oxygen atoms in total. The highest BCUT2D eigenvalue weighted by Gasteiger charge is 2.27. The first-order valence-electron chi connectivity index (χ1n) is 10.8. The Hall–Kier alpha value is -2.71. The summed E-state index contributed by atoms with van der Waals surface area (Å²) in [6.07, 6.45) is 2.61. The van der Waals surface area contributed by atoms with Crippen molar-refractivity contribution < 1.29 is 14.3 Å². The summed E-state index contributed by atoms with van der Waals surface area (Å²) in [5, 5.41) is 8.05. The maximum atomic E-state index is 12.6. The minimum Gasteiger partial charge on any atom is -0.497 e. The third-order valence-corrected chi connectivity index (χ3v) is 7.66. The first-order valence-corrected chi connectivity index (χ1v) is 12.5. The molecule has 2 aromatic heterocycles. The van der Waals surface area contributed by atoms with Gasteiger partial charge in [0.25, 0.3) is 0 Å². The Labute approximate surface area is 196 Å². The molecule has 3 heterocycles. The third-order valence-electron chi connectivity index (χ3n) is 5.73. The fourth-order valence-electron chi connectivity index (χ4n) is 3.82. The Morgan fingerprint density at radius 2 is 1.94 bits per heavy atom. The second kappa shape index (κ2) is 10.7. The number of carbonyl (C=O) groups is 2. The van der Waals surface area contributed by atoms with Gasteiger partial charge < -0.3 is 15.0 Å². The summed E-state index contributed by atoms with van der Waals surface area (Å²) >= 11 is 3.27. The van der Waals surface area contributed by atoms with Crippen molar-refractivity contribution in [2.24, 2.45) is 5.92 Å². The SMILES string of the molecule is COc1ccc(CCC(=O)N2CCC(C(=O)NCc3csc(-c4cccs4)n3)CC2)cc1. The number of aromatic nitrogens is 1. The summed E-state index contributed by atoms with van der Waals surface area (Å²) in [7, 11) is 1.64. The summed E-state index contributed by atoms with van der Waals surface area (Å²) < 4.78 is 5.17. The number of methoxy groups -OCH3 is 1. The Morgan fingerprint density at radius 1 is 1.16 bits per heavy atom. The number of carbonyl (C=O) groups excluding carboxylic acids is 2. The molecular formula is C24H27N3O3S2. The van der Waals surface area contributed by atoms with Crippen molar-refractivity contribution in [3.05, 3.63) is 58.4 Å². The van der Waals surface area contributed by atoms with Crippen LogP contribution in [0.2, 0.25) is 0 Å². The van der Waals surface area contributed by atoms with Gasteiger partial charge in [-0.3, -0.25) is 9.59 Å². The third kappa shape index (κ3) is 5.75. The van der Waals surface area contributed by atoms with Gasteiger partial charge >= 0.3 is 0 Å². The van der Waals surface area contributed by atoms with Crippen LogP contribution in [0.4, 0.5) is 0 Å². The van der Waals surface area contributed by atoms with Gasteiger partial charge in [-0.1, -0.05) is 18.2 Å². The number of rotatable bonds is 8. The smallest absolute Gasteiger partial charge is 0.223 e. The van der Waals surface area contributed by atoms with Gasteiger partial charge in [0.05, 0.1) is 24.2 Å². The van der Waals surface area contributed by atoms with E-state index >= 15 is 0 Å². The van der Waals surface area contributed by atoms with Crippen LogP contribution in [0.25, 0.3) is 9.88 Å². The lowest BCUT2D eigenvalue weighted by molar-refractivity contribution is -0.135. The lowest BCUT2D eigenvalue weighted by Crippen LogP contribution is -2.43. The van der Waals surface area contributed by atoms with Crippen molar-refractivity contribution in [1.82, 2.24) is 15.2 Å². The lowest BCUT2D eigenvalue weighted by atomic mass is 9.95. The quantitative estimate of drug-likeness (QED) is 0.532. The molecule has 0 radical (unpaired) electrons. The van der Waals surface area contributed by atoms with Crippen LogP contribution in [0.3, 0.4) is 0 Å². The van der Waals surface area contributed by atoms with E-state index in [1.54, 1.807) is 29.8 Å². The van der Waals surface area contributed by atoms with E-state index in [4.69, 9.17) is 4.74 Å². The van der Waals surface area contributed by atoms with Gasteiger partial charge in [0.2, 0.25) is 11.8 Å². The molecule has 0 atom stereocenters. The van der Waals surface area contributed by atoms with E-state index in [9.17, 15) is 9.59 Å².